The number of halogens is 1. The Kier molecular flexibility index (Phi) is 2.17. The van der Waals surface area contributed by atoms with E-state index in [4.69, 9.17) is 20.8 Å². The molecule has 14 heavy (non-hydrogen) atoms. The Morgan fingerprint density at radius 1 is 1.50 bits per heavy atom. The van der Waals surface area contributed by atoms with Gasteiger partial charge >= 0.3 is 0 Å². The number of hydrogen-bond donors (Lipinski definition) is 0. The summed E-state index contributed by atoms with van der Waals surface area (Å²) in [6.07, 6.45) is 0. The van der Waals surface area contributed by atoms with Crippen LogP contribution >= 0.6 is 11.6 Å². The Balaban J connectivity index is 2.73. The molecule has 0 atom stereocenters. The molecule has 2 rings (SSSR count). The lowest BCUT2D eigenvalue weighted by molar-refractivity contribution is 0.108. The van der Waals surface area contributed by atoms with Gasteiger partial charge in [0.1, 0.15) is 5.58 Å². The quantitative estimate of drug-likeness (QED) is 0.716. The third-order valence-corrected chi connectivity index (χ3v) is 2.16. The first-order valence-corrected chi connectivity index (χ1v) is 4.36. The number of furan rings is 1. The molecule has 0 aliphatic rings. The molecular formula is C10H7ClO3. The molecular weight excluding hydrogens is 204 g/mol. The van der Waals surface area contributed by atoms with Gasteiger partial charge in [-0.3, -0.25) is 4.79 Å². The van der Waals surface area contributed by atoms with Crippen LogP contribution in [-0.4, -0.2) is 12.4 Å². The maximum absolute atomic E-state index is 11.0. The van der Waals surface area contributed by atoms with Gasteiger partial charge in [0.05, 0.1) is 7.11 Å². The van der Waals surface area contributed by atoms with Gasteiger partial charge in [0.15, 0.2) is 0 Å². The Labute approximate surface area is 85.2 Å². The second kappa shape index (κ2) is 3.35. The van der Waals surface area contributed by atoms with E-state index in [1.54, 1.807) is 24.3 Å². The molecule has 0 saturated carbocycles. The Morgan fingerprint density at radius 2 is 2.29 bits per heavy atom. The summed E-state index contributed by atoms with van der Waals surface area (Å²) in [4.78, 5) is 11.0. The second-order valence-electron chi connectivity index (χ2n) is 2.76. The molecule has 1 aromatic carbocycles. The number of benzene rings is 1. The fraction of sp³-hybridized carbons (Fsp3) is 0.100. The lowest BCUT2D eigenvalue weighted by atomic mass is 10.1. The summed E-state index contributed by atoms with van der Waals surface area (Å²) in [6.45, 7) is 0. The summed E-state index contributed by atoms with van der Waals surface area (Å²) in [6, 6.07) is 6.75. The largest absolute Gasteiger partial charge is 0.468 e. The van der Waals surface area contributed by atoms with Crippen molar-refractivity contribution in [2.45, 2.75) is 0 Å². The number of rotatable bonds is 2. The zero-order chi connectivity index (χ0) is 10.1. The summed E-state index contributed by atoms with van der Waals surface area (Å²) in [5.41, 5.74) is 1.02. The predicted molar refractivity (Wildman–Crippen MR) is 52.9 cm³/mol. The maximum atomic E-state index is 11.0. The molecule has 1 aromatic heterocycles. The van der Waals surface area contributed by atoms with Crippen molar-refractivity contribution >= 4 is 27.8 Å². The first-order valence-electron chi connectivity index (χ1n) is 3.99. The smallest absolute Gasteiger partial charge is 0.285 e. The van der Waals surface area contributed by atoms with Crippen molar-refractivity contribution in [3.63, 3.8) is 0 Å². The predicted octanol–water partition coefficient (Wildman–Crippen LogP) is 2.82. The standard InChI is InChI=1S/C10H7ClO3/c1-13-9-5-7-6(10(11)12)3-2-4-8(7)14-9/h2-5H,1H3. The molecule has 4 heteroatoms. The number of carbonyl (C=O) groups is 1. The highest BCUT2D eigenvalue weighted by molar-refractivity contribution is 6.68. The van der Waals surface area contributed by atoms with Crippen LogP contribution in [0.3, 0.4) is 0 Å². The average Bonchev–Trinajstić information content (AvgIpc) is 2.59. The number of methoxy groups -OCH3 is 1. The van der Waals surface area contributed by atoms with Crippen molar-refractivity contribution in [2.75, 3.05) is 7.11 Å². The van der Waals surface area contributed by atoms with E-state index in [2.05, 4.69) is 0 Å². The molecule has 3 nitrogen and oxygen atoms in total. The van der Waals surface area contributed by atoms with Crippen LogP contribution in [-0.2, 0) is 0 Å². The fourth-order valence-electron chi connectivity index (χ4n) is 1.31. The van der Waals surface area contributed by atoms with Gasteiger partial charge in [-0.2, -0.15) is 0 Å². The molecule has 0 bridgehead atoms. The molecule has 72 valence electrons. The van der Waals surface area contributed by atoms with Gasteiger partial charge in [-0.25, -0.2) is 0 Å². The number of fused-ring (bicyclic) bond motifs is 1. The fourth-order valence-corrected chi connectivity index (χ4v) is 1.47. The van der Waals surface area contributed by atoms with Gasteiger partial charge in [0.25, 0.3) is 11.2 Å². The highest BCUT2D eigenvalue weighted by atomic mass is 35.5. The van der Waals surface area contributed by atoms with Gasteiger partial charge in [0, 0.05) is 17.0 Å². The molecule has 2 aromatic rings. The summed E-state index contributed by atoms with van der Waals surface area (Å²) in [5, 5.41) is 0.170. The molecule has 0 fully saturated rings. The van der Waals surface area contributed by atoms with E-state index in [0.717, 1.165) is 0 Å². The first-order chi connectivity index (χ1) is 6.72. The lowest BCUT2D eigenvalue weighted by Gasteiger charge is -1.93. The third-order valence-electron chi connectivity index (χ3n) is 1.95. The third kappa shape index (κ3) is 1.36. The van der Waals surface area contributed by atoms with Crippen molar-refractivity contribution < 1.29 is 13.9 Å². The van der Waals surface area contributed by atoms with Crippen LogP contribution in [0.15, 0.2) is 28.7 Å². The Morgan fingerprint density at radius 3 is 2.93 bits per heavy atom. The van der Waals surface area contributed by atoms with Gasteiger partial charge in [-0.15, -0.1) is 0 Å². The molecule has 0 N–H and O–H groups in total. The van der Waals surface area contributed by atoms with Crippen molar-refractivity contribution in [3.8, 4) is 5.95 Å². The Bertz CT molecular complexity index is 487. The van der Waals surface area contributed by atoms with Crippen LogP contribution in [0, 0.1) is 0 Å². The molecule has 1 heterocycles. The SMILES string of the molecule is COc1cc2c(C(=O)Cl)cccc2o1. The van der Waals surface area contributed by atoms with Crippen LogP contribution in [0.1, 0.15) is 10.4 Å². The monoisotopic (exact) mass is 210 g/mol. The van der Waals surface area contributed by atoms with E-state index in [-0.39, 0.29) is 0 Å². The van der Waals surface area contributed by atoms with Crippen LogP contribution in [0.2, 0.25) is 0 Å². The summed E-state index contributed by atoms with van der Waals surface area (Å²) in [7, 11) is 1.50. The molecule has 0 aliphatic heterocycles. The van der Waals surface area contributed by atoms with E-state index in [1.807, 2.05) is 0 Å². The molecule has 0 aliphatic carbocycles. The first kappa shape index (κ1) is 9.09. The van der Waals surface area contributed by atoms with Crippen molar-refractivity contribution in [1.29, 1.82) is 0 Å². The van der Waals surface area contributed by atoms with Crippen molar-refractivity contribution in [1.82, 2.24) is 0 Å². The van der Waals surface area contributed by atoms with Crippen molar-refractivity contribution in [2.24, 2.45) is 0 Å². The van der Waals surface area contributed by atoms with E-state index >= 15 is 0 Å². The van der Waals surface area contributed by atoms with Gasteiger partial charge in [-0.05, 0) is 23.7 Å². The van der Waals surface area contributed by atoms with Crippen LogP contribution in [0.4, 0.5) is 0 Å². The molecule has 0 saturated heterocycles. The lowest BCUT2D eigenvalue weighted by Crippen LogP contribution is -1.87. The molecule has 0 radical (unpaired) electrons. The summed E-state index contributed by atoms with van der Waals surface area (Å²) >= 11 is 5.41. The summed E-state index contributed by atoms with van der Waals surface area (Å²) < 4.78 is 10.2. The van der Waals surface area contributed by atoms with Crippen molar-refractivity contribution in [3.05, 3.63) is 29.8 Å². The molecule has 0 amide bonds. The Hall–Kier alpha value is -1.48. The minimum Gasteiger partial charge on any atom is -0.468 e. The average molecular weight is 211 g/mol. The van der Waals surface area contributed by atoms with Crippen LogP contribution in [0.25, 0.3) is 11.0 Å². The number of ether oxygens (including phenoxy) is 1. The number of carbonyl (C=O) groups excluding carboxylic acids is 1. The molecule has 0 unspecified atom stereocenters. The maximum Gasteiger partial charge on any atom is 0.285 e. The van der Waals surface area contributed by atoms with Gasteiger partial charge in [0.2, 0.25) is 0 Å². The zero-order valence-corrected chi connectivity index (χ0v) is 8.17. The molecule has 0 spiro atoms. The minimum absolute atomic E-state index is 0.366. The van der Waals surface area contributed by atoms with E-state index in [1.165, 1.54) is 7.11 Å². The van der Waals surface area contributed by atoms with Gasteiger partial charge in [-0.1, -0.05) is 6.07 Å². The van der Waals surface area contributed by atoms with E-state index < -0.39 is 5.24 Å². The number of hydrogen-bond acceptors (Lipinski definition) is 3. The highest BCUT2D eigenvalue weighted by Gasteiger charge is 2.11. The summed E-state index contributed by atoms with van der Waals surface area (Å²) in [5.74, 6) is 0.366. The van der Waals surface area contributed by atoms with Crippen LogP contribution < -0.4 is 4.74 Å². The zero-order valence-electron chi connectivity index (χ0n) is 7.41. The second-order valence-corrected chi connectivity index (χ2v) is 3.10. The van der Waals surface area contributed by atoms with Gasteiger partial charge < -0.3 is 9.15 Å². The van der Waals surface area contributed by atoms with Crippen LogP contribution in [0.5, 0.6) is 5.95 Å². The normalized spacial score (nSPS) is 10.4. The topological polar surface area (TPSA) is 39.4 Å². The highest BCUT2D eigenvalue weighted by Crippen LogP contribution is 2.28. The van der Waals surface area contributed by atoms with E-state index in [9.17, 15) is 4.79 Å². The van der Waals surface area contributed by atoms with E-state index in [0.29, 0.717) is 22.5 Å². The minimum atomic E-state index is -0.501.